The lowest BCUT2D eigenvalue weighted by Gasteiger charge is -2.32. The number of benzene rings is 1. The molecule has 1 atom stereocenters. The monoisotopic (exact) mass is 303 g/mol. The second-order valence-corrected chi connectivity index (χ2v) is 8.17. The van der Waals surface area contributed by atoms with Gasteiger partial charge in [0, 0.05) is 18.2 Å². The Morgan fingerprint density at radius 3 is 2.32 bits per heavy atom. The lowest BCUT2D eigenvalue weighted by Crippen LogP contribution is -2.34. The molecular formula is C14H22ClNO2S. The first-order valence-corrected chi connectivity index (χ1v) is 8.70. The van der Waals surface area contributed by atoms with E-state index in [4.69, 9.17) is 11.6 Å². The molecule has 0 amide bonds. The number of halogens is 1. The number of rotatable bonds is 5. The molecule has 0 radical (unpaired) electrons. The molecule has 1 unspecified atom stereocenters. The van der Waals surface area contributed by atoms with Crippen molar-refractivity contribution in [3.05, 3.63) is 24.3 Å². The Labute approximate surface area is 121 Å². The van der Waals surface area contributed by atoms with Gasteiger partial charge in [0.25, 0.3) is 0 Å². The van der Waals surface area contributed by atoms with Crippen molar-refractivity contribution in [2.45, 2.75) is 38.1 Å². The van der Waals surface area contributed by atoms with Gasteiger partial charge in [-0.1, -0.05) is 32.9 Å². The summed E-state index contributed by atoms with van der Waals surface area (Å²) in [6.07, 6.45) is 2.00. The fraction of sp³-hybridized carbons (Fsp3) is 0.571. The number of alkyl halides is 1. The van der Waals surface area contributed by atoms with E-state index in [0.29, 0.717) is 16.5 Å². The molecule has 0 saturated heterocycles. The molecule has 1 aromatic carbocycles. The molecule has 5 heteroatoms. The van der Waals surface area contributed by atoms with Crippen molar-refractivity contribution >= 4 is 27.1 Å². The first-order valence-electron chi connectivity index (χ1n) is 6.28. The molecule has 108 valence electrons. The van der Waals surface area contributed by atoms with Crippen LogP contribution in [0.1, 0.15) is 27.2 Å². The summed E-state index contributed by atoms with van der Waals surface area (Å²) in [5, 5.41) is 3.33. The smallest absolute Gasteiger partial charge is 0.177 e. The minimum Gasteiger partial charge on any atom is -0.381 e. The topological polar surface area (TPSA) is 46.2 Å². The van der Waals surface area contributed by atoms with Crippen molar-refractivity contribution in [3.8, 4) is 0 Å². The number of para-hydroxylation sites is 1. The number of hydrogen-bond acceptors (Lipinski definition) is 3. The Kier molecular flexibility index (Phi) is 5.27. The van der Waals surface area contributed by atoms with Crippen LogP contribution in [-0.4, -0.2) is 26.6 Å². The Morgan fingerprint density at radius 2 is 1.84 bits per heavy atom. The van der Waals surface area contributed by atoms with Crippen molar-refractivity contribution in [2.75, 3.05) is 17.5 Å². The molecule has 0 aliphatic carbocycles. The number of sulfone groups is 1. The van der Waals surface area contributed by atoms with E-state index >= 15 is 0 Å². The van der Waals surface area contributed by atoms with Gasteiger partial charge in [-0.05, 0) is 24.0 Å². The zero-order chi connectivity index (χ0) is 14.7. The van der Waals surface area contributed by atoms with E-state index in [1.165, 1.54) is 6.26 Å². The molecule has 0 saturated carbocycles. The van der Waals surface area contributed by atoms with Crippen LogP contribution in [0.4, 0.5) is 5.69 Å². The van der Waals surface area contributed by atoms with Crippen LogP contribution in [0.15, 0.2) is 29.2 Å². The van der Waals surface area contributed by atoms with Gasteiger partial charge in [-0.15, -0.1) is 11.6 Å². The first kappa shape index (κ1) is 16.3. The second-order valence-electron chi connectivity index (χ2n) is 5.81. The van der Waals surface area contributed by atoms with Crippen LogP contribution in [0.3, 0.4) is 0 Å². The van der Waals surface area contributed by atoms with Gasteiger partial charge in [0.1, 0.15) is 0 Å². The summed E-state index contributed by atoms with van der Waals surface area (Å²) < 4.78 is 23.6. The molecule has 1 rings (SSSR count). The van der Waals surface area contributed by atoms with Crippen LogP contribution in [-0.2, 0) is 9.84 Å². The zero-order valence-corrected chi connectivity index (χ0v) is 13.5. The summed E-state index contributed by atoms with van der Waals surface area (Å²) in [6.45, 7) is 6.33. The van der Waals surface area contributed by atoms with Crippen molar-refractivity contribution < 1.29 is 8.42 Å². The molecule has 0 aliphatic heterocycles. The minimum absolute atomic E-state index is 0.000491. The van der Waals surface area contributed by atoms with Crippen LogP contribution < -0.4 is 5.32 Å². The van der Waals surface area contributed by atoms with Crippen molar-refractivity contribution in [3.63, 3.8) is 0 Å². The normalized spacial score (nSPS) is 14.2. The van der Waals surface area contributed by atoms with Gasteiger partial charge in [0.15, 0.2) is 9.84 Å². The molecule has 0 aliphatic rings. The SMILES string of the molecule is CC(C)(C)C(CCCl)Nc1ccccc1S(C)(=O)=O. The van der Waals surface area contributed by atoms with Crippen molar-refractivity contribution in [2.24, 2.45) is 5.41 Å². The van der Waals surface area contributed by atoms with Crippen LogP contribution >= 0.6 is 11.6 Å². The average Bonchev–Trinajstić information content (AvgIpc) is 2.26. The predicted molar refractivity (Wildman–Crippen MR) is 81.8 cm³/mol. The molecule has 1 aromatic rings. The molecule has 0 bridgehead atoms. The maximum Gasteiger partial charge on any atom is 0.177 e. The third-order valence-corrected chi connectivity index (χ3v) is 4.43. The van der Waals surface area contributed by atoms with E-state index in [9.17, 15) is 8.42 Å². The standard InChI is InChI=1S/C14H22ClNO2S/c1-14(2,3)13(9-10-15)16-11-7-5-6-8-12(11)19(4,17)18/h5-8,13,16H,9-10H2,1-4H3. The summed E-state index contributed by atoms with van der Waals surface area (Å²) in [5.74, 6) is 0.538. The molecule has 19 heavy (non-hydrogen) atoms. The predicted octanol–water partition coefficient (Wildman–Crippen LogP) is 3.55. The molecule has 0 fully saturated rings. The lowest BCUT2D eigenvalue weighted by molar-refractivity contribution is 0.334. The highest BCUT2D eigenvalue weighted by atomic mass is 35.5. The van der Waals surface area contributed by atoms with Gasteiger partial charge >= 0.3 is 0 Å². The number of hydrogen-bond donors (Lipinski definition) is 1. The van der Waals surface area contributed by atoms with Gasteiger partial charge < -0.3 is 5.32 Å². The second kappa shape index (κ2) is 6.14. The first-order chi connectivity index (χ1) is 8.66. The summed E-state index contributed by atoms with van der Waals surface area (Å²) in [7, 11) is -3.24. The van der Waals surface area contributed by atoms with Crippen molar-refractivity contribution in [1.29, 1.82) is 0 Å². The van der Waals surface area contributed by atoms with Gasteiger partial charge in [0.05, 0.1) is 10.6 Å². The largest absolute Gasteiger partial charge is 0.381 e. The van der Waals surface area contributed by atoms with E-state index in [-0.39, 0.29) is 11.5 Å². The quantitative estimate of drug-likeness (QED) is 0.846. The Bertz CT molecular complexity index is 520. The Hall–Kier alpha value is -0.740. The van der Waals surface area contributed by atoms with Gasteiger partial charge in [-0.2, -0.15) is 0 Å². The van der Waals surface area contributed by atoms with Crippen LogP contribution in [0.25, 0.3) is 0 Å². The summed E-state index contributed by atoms with van der Waals surface area (Å²) in [5.41, 5.74) is 0.648. The van der Waals surface area contributed by atoms with E-state index in [1.54, 1.807) is 18.2 Å². The fourth-order valence-corrected chi connectivity index (χ4v) is 3.00. The third kappa shape index (κ3) is 4.69. The molecule has 0 heterocycles. The van der Waals surface area contributed by atoms with Crippen LogP contribution in [0.2, 0.25) is 0 Å². The van der Waals surface area contributed by atoms with E-state index in [1.807, 2.05) is 6.07 Å². The number of nitrogens with one attached hydrogen (secondary N) is 1. The highest BCUT2D eigenvalue weighted by Crippen LogP contribution is 2.29. The van der Waals surface area contributed by atoms with Crippen LogP contribution in [0.5, 0.6) is 0 Å². The molecule has 1 N–H and O–H groups in total. The number of anilines is 1. The highest BCUT2D eigenvalue weighted by Gasteiger charge is 2.25. The van der Waals surface area contributed by atoms with Crippen molar-refractivity contribution in [1.82, 2.24) is 0 Å². The zero-order valence-electron chi connectivity index (χ0n) is 11.9. The maximum absolute atomic E-state index is 11.8. The molecule has 0 aromatic heterocycles. The Balaban J connectivity index is 3.11. The third-order valence-electron chi connectivity index (χ3n) is 3.06. The molecular weight excluding hydrogens is 282 g/mol. The summed E-state index contributed by atoms with van der Waals surface area (Å²) in [4.78, 5) is 0.332. The van der Waals surface area contributed by atoms with Crippen LogP contribution in [0, 0.1) is 5.41 Å². The summed E-state index contributed by atoms with van der Waals surface area (Å²) >= 11 is 5.84. The van der Waals surface area contributed by atoms with Gasteiger partial charge in [-0.25, -0.2) is 8.42 Å². The fourth-order valence-electron chi connectivity index (χ4n) is 1.93. The van der Waals surface area contributed by atoms with Gasteiger partial charge in [-0.3, -0.25) is 0 Å². The summed E-state index contributed by atoms with van der Waals surface area (Å²) in [6, 6.07) is 7.10. The highest BCUT2D eigenvalue weighted by molar-refractivity contribution is 7.90. The van der Waals surface area contributed by atoms with E-state index in [0.717, 1.165) is 6.42 Å². The Morgan fingerprint density at radius 1 is 1.26 bits per heavy atom. The van der Waals surface area contributed by atoms with E-state index in [2.05, 4.69) is 26.1 Å². The minimum atomic E-state index is -3.24. The van der Waals surface area contributed by atoms with E-state index < -0.39 is 9.84 Å². The van der Waals surface area contributed by atoms with Gasteiger partial charge in [0.2, 0.25) is 0 Å². The lowest BCUT2D eigenvalue weighted by atomic mass is 9.85. The molecule has 3 nitrogen and oxygen atoms in total. The average molecular weight is 304 g/mol. The maximum atomic E-state index is 11.8. The molecule has 0 spiro atoms.